The van der Waals surface area contributed by atoms with Crippen LogP contribution in [0.25, 0.3) is 10.9 Å². The van der Waals surface area contributed by atoms with Crippen molar-refractivity contribution in [3.8, 4) is 11.5 Å². The smallest absolute Gasteiger partial charge is 0.415 e. The quantitative estimate of drug-likeness (QED) is 0.311. The van der Waals surface area contributed by atoms with Crippen LogP contribution in [0.15, 0.2) is 72.9 Å². The lowest BCUT2D eigenvalue weighted by atomic mass is 10.1. The van der Waals surface area contributed by atoms with E-state index < -0.39 is 6.09 Å². The molecule has 0 aliphatic carbocycles. The molecule has 0 aliphatic heterocycles. The van der Waals surface area contributed by atoms with Crippen LogP contribution in [0.2, 0.25) is 0 Å². The molecule has 192 valence electrons. The third-order valence-corrected chi connectivity index (χ3v) is 6.20. The van der Waals surface area contributed by atoms with E-state index in [0.29, 0.717) is 42.0 Å². The van der Waals surface area contributed by atoms with E-state index >= 15 is 0 Å². The van der Waals surface area contributed by atoms with Gasteiger partial charge < -0.3 is 24.3 Å². The number of nitrogens with zero attached hydrogens (tertiary/aromatic N) is 2. The molecule has 4 rings (SSSR count). The summed E-state index contributed by atoms with van der Waals surface area (Å²) in [7, 11) is 1.57. The summed E-state index contributed by atoms with van der Waals surface area (Å²) in [5.41, 5.74) is 2.48. The van der Waals surface area contributed by atoms with E-state index in [0.717, 1.165) is 11.1 Å². The number of carbonyl (C=O) groups is 2. The third-order valence-electron chi connectivity index (χ3n) is 6.20. The molecule has 0 bridgehead atoms. The highest BCUT2D eigenvalue weighted by atomic mass is 19.1. The molecule has 2 amide bonds. The SMILES string of the molecule is CCN(CC)C(=O)Oc1ccc2c(ccn2Cc2ccccc2F)c1NC(=O)Cc1cccc(OC)c1. The molecule has 0 saturated carbocycles. The van der Waals surface area contributed by atoms with E-state index in [1.54, 1.807) is 48.4 Å². The summed E-state index contributed by atoms with van der Waals surface area (Å²) in [4.78, 5) is 27.4. The van der Waals surface area contributed by atoms with Gasteiger partial charge in [0.2, 0.25) is 5.91 Å². The second-order valence-electron chi connectivity index (χ2n) is 8.52. The molecule has 0 aliphatic rings. The molecule has 1 heterocycles. The van der Waals surface area contributed by atoms with Gasteiger partial charge in [-0.2, -0.15) is 0 Å². The summed E-state index contributed by atoms with van der Waals surface area (Å²) in [6.07, 6.45) is 1.43. The first-order valence-corrected chi connectivity index (χ1v) is 12.2. The minimum absolute atomic E-state index is 0.104. The molecule has 37 heavy (non-hydrogen) atoms. The van der Waals surface area contributed by atoms with Crippen LogP contribution >= 0.6 is 0 Å². The molecule has 0 spiro atoms. The fourth-order valence-electron chi connectivity index (χ4n) is 4.21. The summed E-state index contributed by atoms with van der Waals surface area (Å²) in [5.74, 6) is 0.335. The van der Waals surface area contributed by atoms with Gasteiger partial charge in [-0.1, -0.05) is 30.3 Å². The average molecular weight is 504 g/mol. The minimum atomic E-state index is -0.501. The van der Waals surface area contributed by atoms with Crippen molar-refractivity contribution in [1.82, 2.24) is 9.47 Å². The topological polar surface area (TPSA) is 72.8 Å². The molecule has 0 radical (unpaired) electrons. The Bertz CT molecular complexity index is 1410. The molecule has 1 aromatic heterocycles. The maximum absolute atomic E-state index is 14.3. The predicted octanol–water partition coefficient (Wildman–Crippen LogP) is 5.86. The molecule has 0 unspecified atom stereocenters. The van der Waals surface area contributed by atoms with Crippen molar-refractivity contribution in [2.75, 3.05) is 25.5 Å². The van der Waals surface area contributed by atoms with Crippen molar-refractivity contribution in [1.29, 1.82) is 0 Å². The highest BCUT2D eigenvalue weighted by Crippen LogP contribution is 2.35. The summed E-state index contributed by atoms with van der Waals surface area (Å²) < 4.78 is 27.2. The summed E-state index contributed by atoms with van der Waals surface area (Å²) >= 11 is 0. The van der Waals surface area contributed by atoms with Crippen LogP contribution in [0, 0.1) is 5.82 Å². The predicted molar refractivity (Wildman–Crippen MR) is 142 cm³/mol. The number of benzene rings is 3. The van der Waals surface area contributed by atoms with Gasteiger partial charge in [0.1, 0.15) is 11.6 Å². The van der Waals surface area contributed by atoms with E-state index in [9.17, 15) is 14.0 Å². The average Bonchev–Trinajstić information content (AvgIpc) is 3.30. The van der Waals surface area contributed by atoms with Crippen LogP contribution in [0.3, 0.4) is 0 Å². The summed E-state index contributed by atoms with van der Waals surface area (Å²) in [5, 5.41) is 3.63. The first-order chi connectivity index (χ1) is 17.9. The van der Waals surface area contributed by atoms with Crippen molar-refractivity contribution >= 4 is 28.6 Å². The van der Waals surface area contributed by atoms with Gasteiger partial charge in [-0.25, -0.2) is 9.18 Å². The summed E-state index contributed by atoms with van der Waals surface area (Å²) in [6, 6.07) is 19.2. The number of anilines is 1. The van der Waals surface area contributed by atoms with Crippen molar-refractivity contribution in [3.05, 3.63) is 89.9 Å². The van der Waals surface area contributed by atoms with Gasteiger partial charge in [0.25, 0.3) is 0 Å². The zero-order valence-electron chi connectivity index (χ0n) is 21.2. The lowest BCUT2D eigenvalue weighted by molar-refractivity contribution is -0.115. The fraction of sp³-hybridized carbons (Fsp3) is 0.241. The normalized spacial score (nSPS) is 10.8. The molecule has 0 atom stereocenters. The number of methoxy groups -OCH3 is 1. The first-order valence-electron chi connectivity index (χ1n) is 12.2. The molecule has 0 fully saturated rings. The number of hydrogen-bond acceptors (Lipinski definition) is 4. The van der Waals surface area contributed by atoms with Crippen molar-refractivity contribution in [2.45, 2.75) is 26.8 Å². The molecular formula is C29H30FN3O4. The Morgan fingerprint density at radius 3 is 2.51 bits per heavy atom. The number of carbonyl (C=O) groups excluding carboxylic acids is 2. The second kappa shape index (κ2) is 11.6. The number of amides is 2. The number of hydrogen-bond donors (Lipinski definition) is 1. The lowest BCUT2D eigenvalue weighted by Gasteiger charge is -2.20. The number of fused-ring (bicyclic) bond motifs is 1. The van der Waals surface area contributed by atoms with Gasteiger partial charge in [0, 0.05) is 30.2 Å². The second-order valence-corrected chi connectivity index (χ2v) is 8.52. The zero-order chi connectivity index (χ0) is 26.4. The molecule has 0 saturated heterocycles. The third kappa shape index (κ3) is 5.91. The Labute approximate surface area is 215 Å². The largest absolute Gasteiger partial charge is 0.497 e. The lowest BCUT2D eigenvalue weighted by Crippen LogP contribution is -2.33. The van der Waals surface area contributed by atoms with Crippen LogP contribution < -0.4 is 14.8 Å². The molecule has 3 aromatic carbocycles. The monoisotopic (exact) mass is 503 g/mol. The molecule has 1 N–H and O–H groups in total. The van der Waals surface area contributed by atoms with E-state index in [2.05, 4.69) is 5.32 Å². The first kappa shape index (κ1) is 25.8. The van der Waals surface area contributed by atoms with Gasteiger partial charge in [-0.05, 0) is 55.8 Å². The van der Waals surface area contributed by atoms with Gasteiger partial charge in [0.15, 0.2) is 5.75 Å². The van der Waals surface area contributed by atoms with Crippen LogP contribution in [0.5, 0.6) is 11.5 Å². The highest BCUT2D eigenvalue weighted by Gasteiger charge is 2.20. The molecule has 4 aromatic rings. The van der Waals surface area contributed by atoms with Gasteiger partial charge in [-0.15, -0.1) is 0 Å². The van der Waals surface area contributed by atoms with Gasteiger partial charge >= 0.3 is 6.09 Å². The number of rotatable bonds is 9. The maximum atomic E-state index is 14.3. The highest BCUT2D eigenvalue weighted by molar-refractivity contribution is 6.05. The van der Waals surface area contributed by atoms with Crippen LogP contribution in [-0.4, -0.2) is 41.7 Å². The van der Waals surface area contributed by atoms with Crippen LogP contribution in [0.4, 0.5) is 14.9 Å². The standard InChI is InChI=1S/C29H30FN3O4/c1-4-32(5-2)29(35)37-26-14-13-25-23(15-16-33(25)19-21-10-6-7-12-24(21)30)28(26)31-27(34)18-20-9-8-11-22(17-20)36-3/h6-17H,4-5,18-19H2,1-3H3,(H,31,34). The number of aromatic nitrogens is 1. The Kier molecular flexibility index (Phi) is 8.08. The minimum Gasteiger partial charge on any atom is -0.497 e. The Morgan fingerprint density at radius 1 is 1.00 bits per heavy atom. The van der Waals surface area contributed by atoms with E-state index in [4.69, 9.17) is 9.47 Å². The van der Waals surface area contributed by atoms with Crippen LogP contribution in [0.1, 0.15) is 25.0 Å². The van der Waals surface area contributed by atoms with Crippen molar-refractivity contribution < 1.29 is 23.5 Å². The van der Waals surface area contributed by atoms with Gasteiger partial charge in [0.05, 0.1) is 31.3 Å². The molecule has 7 nitrogen and oxygen atoms in total. The van der Waals surface area contributed by atoms with Crippen molar-refractivity contribution in [2.24, 2.45) is 0 Å². The zero-order valence-corrected chi connectivity index (χ0v) is 21.2. The molecule has 8 heteroatoms. The van der Waals surface area contributed by atoms with E-state index in [1.165, 1.54) is 6.07 Å². The fourth-order valence-corrected chi connectivity index (χ4v) is 4.21. The maximum Gasteiger partial charge on any atom is 0.415 e. The Balaban J connectivity index is 1.69. The number of halogens is 1. The number of nitrogens with one attached hydrogen (secondary N) is 1. The Morgan fingerprint density at radius 2 is 1.78 bits per heavy atom. The van der Waals surface area contributed by atoms with Crippen LogP contribution in [-0.2, 0) is 17.8 Å². The summed E-state index contributed by atoms with van der Waals surface area (Å²) in [6.45, 7) is 5.04. The van der Waals surface area contributed by atoms with Gasteiger partial charge in [-0.3, -0.25) is 4.79 Å². The number of ether oxygens (including phenoxy) is 2. The molecular weight excluding hydrogens is 473 g/mol. The van der Waals surface area contributed by atoms with E-state index in [1.807, 2.05) is 48.9 Å². The van der Waals surface area contributed by atoms with Crippen molar-refractivity contribution in [3.63, 3.8) is 0 Å². The van der Waals surface area contributed by atoms with E-state index in [-0.39, 0.29) is 23.9 Å². The Hall–Kier alpha value is -4.33.